The number of aliphatic hydroxyl groups is 1. The average molecular weight is 431 g/mol. The maximum atomic E-state index is 13.2. The summed E-state index contributed by atoms with van der Waals surface area (Å²) < 4.78 is 53.1. The lowest BCUT2D eigenvalue weighted by Crippen LogP contribution is -2.51. The van der Waals surface area contributed by atoms with Crippen molar-refractivity contribution >= 4 is 21.8 Å². The van der Waals surface area contributed by atoms with Crippen LogP contribution in [0.15, 0.2) is 64.8 Å². The Hall–Kier alpha value is -2.39. The second kappa shape index (κ2) is 6.40. The number of nitrogens with one attached hydrogen (secondary N) is 1. The number of carbonyl (C=O) groups excluding carboxylic acids is 1. The molecule has 1 atom stereocenters. The number of rotatable bonds is 2. The Morgan fingerprint density at radius 2 is 1.81 bits per heavy atom. The fraction of sp³-hybridized carbons (Fsp3) is 0.118. The van der Waals surface area contributed by atoms with Crippen LogP contribution in [0.4, 0.5) is 17.6 Å². The molecule has 0 saturated heterocycles. The van der Waals surface area contributed by atoms with E-state index in [1.54, 1.807) is 6.07 Å². The average Bonchev–Trinajstić information content (AvgIpc) is 2.94. The number of amides is 1. The van der Waals surface area contributed by atoms with Gasteiger partial charge in [-0.15, -0.1) is 0 Å². The van der Waals surface area contributed by atoms with E-state index in [9.17, 15) is 27.5 Å². The number of allylic oxidation sites excluding steroid dienone is 1. The second-order valence-electron chi connectivity index (χ2n) is 5.55. The molecule has 1 aliphatic rings. The molecule has 9 heteroatoms. The zero-order chi connectivity index (χ0) is 19.1. The Morgan fingerprint density at radius 3 is 2.38 bits per heavy atom. The van der Waals surface area contributed by atoms with E-state index in [2.05, 4.69) is 15.9 Å². The van der Waals surface area contributed by atoms with Gasteiger partial charge in [-0.3, -0.25) is 10.2 Å². The summed E-state index contributed by atoms with van der Waals surface area (Å²) in [5.41, 5.74) is -1.89. The second-order valence-corrected chi connectivity index (χ2v) is 6.47. The quantitative estimate of drug-likeness (QED) is 0.711. The molecule has 3 rings (SSSR count). The van der Waals surface area contributed by atoms with E-state index in [1.165, 1.54) is 18.2 Å². The van der Waals surface area contributed by atoms with E-state index >= 15 is 0 Å². The highest BCUT2D eigenvalue weighted by molar-refractivity contribution is 9.10. The largest absolute Gasteiger partial charge is 0.432 e. The summed E-state index contributed by atoms with van der Waals surface area (Å²) in [5, 5.41) is 11.3. The molecule has 0 saturated carbocycles. The maximum Gasteiger partial charge on any atom is 0.432 e. The fourth-order valence-electron chi connectivity index (χ4n) is 2.51. The van der Waals surface area contributed by atoms with Crippen LogP contribution < -0.4 is 5.43 Å². The number of nitrogens with zero attached hydrogens (tertiary/aromatic N) is 1. The van der Waals surface area contributed by atoms with Crippen LogP contribution in [-0.2, 0) is 5.72 Å². The lowest BCUT2D eigenvalue weighted by atomic mass is 10.0. The molecule has 4 nitrogen and oxygen atoms in total. The Bertz CT molecular complexity index is 883. The van der Waals surface area contributed by atoms with Crippen LogP contribution in [0.1, 0.15) is 15.9 Å². The zero-order valence-corrected chi connectivity index (χ0v) is 14.5. The molecule has 2 aromatic rings. The lowest BCUT2D eigenvalue weighted by molar-refractivity contribution is -0.104. The highest BCUT2D eigenvalue weighted by Gasteiger charge is 2.50. The first-order chi connectivity index (χ1) is 12.1. The minimum atomic E-state index is -4.82. The molecule has 0 aromatic heterocycles. The highest BCUT2D eigenvalue weighted by Crippen LogP contribution is 2.38. The van der Waals surface area contributed by atoms with Gasteiger partial charge in [0.1, 0.15) is 11.5 Å². The minimum Gasteiger partial charge on any atom is -0.362 e. The Kier molecular flexibility index (Phi) is 4.53. The van der Waals surface area contributed by atoms with Crippen LogP contribution in [0.2, 0.25) is 0 Å². The van der Waals surface area contributed by atoms with E-state index in [4.69, 9.17) is 0 Å². The Balaban J connectivity index is 2.08. The summed E-state index contributed by atoms with van der Waals surface area (Å²) in [7, 11) is 0. The molecule has 136 valence electrons. The highest BCUT2D eigenvalue weighted by atomic mass is 79.9. The topological polar surface area (TPSA) is 52.6 Å². The predicted octanol–water partition coefficient (Wildman–Crippen LogP) is 3.84. The van der Waals surface area contributed by atoms with Gasteiger partial charge >= 0.3 is 6.18 Å². The van der Waals surface area contributed by atoms with E-state index in [-0.39, 0.29) is 11.1 Å². The summed E-state index contributed by atoms with van der Waals surface area (Å²) >= 11 is 3.18. The number of carbonyl (C=O) groups is 1. The van der Waals surface area contributed by atoms with Gasteiger partial charge in [-0.2, -0.15) is 13.2 Å². The first-order valence-electron chi connectivity index (χ1n) is 7.26. The Morgan fingerprint density at radius 1 is 1.15 bits per heavy atom. The molecule has 1 amide bonds. The van der Waals surface area contributed by atoms with Crippen LogP contribution in [-0.4, -0.2) is 22.2 Å². The molecule has 0 radical (unpaired) electrons. The number of benzene rings is 2. The summed E-state index contributed by atoms with van der Waals surface area (Å²) in [6, 6.07) is 10.1. The smallest absolute Gasteiger partial charge is 0.362 e. The van der Waals surface area contributed by atoms with Gasteiger partial charge in [0.25, 0.3) is 5.91 Å². The summed E-state index contributed by atoms with van der Waals surface area (Å²) in [6.07, 6.45) is -4.34. The third-order valence-corrected chi connectivity index (χ3v) is 4.26. The van der Waals surface area contributed by atoms with Crippen molar-refractivity contribution in [1.29, 1.82) is 0 Å². The van der Waals surface area contributed by atoms with E-state index in [0.29, 0.717) is 15.6 Å². The van der Waals surface area contributed by atoms with Crippen molar-refractivity contribution in [3.05, 3.63) is 81.7 Å². The summed E-state index contributed by atoms with van der Waals surface area (Å²) in [6.45, 7) is 0. The summed E-state index contributed by atoms with van der Waals surface area (Å²) in [5.74, 6) is -1.53. The minimum absolute atomic E-state index is 0.0456. The van der Waals surface area contributed by atoms with Crippen molar-refractivity contribution in [2.75, 3.05) is 0 Å². The van der Waals surface area contributed by atoms with Crippen molar-refractivity contribution in [1.82, 2.24) is 10.4 Å². The van der Waals surface area contributed by atoms with Gasteiger partial charge in [-0.25, -0.2) is 9.40 Å². The van der Waals surface area contributed by atoms with Gasteiger partial charge in [-0.1, -0.05) is 34.1 Å². The van der Waals surface area contributed by atoms with Gasteiger partial charge in [0.2, 0.25) is 5.72 Å². The molecule has 26 heavy (non-hydrogen) atoms. The third-order valence-electron chi connectivity index (χ3n) is 3.77. The van der Waals surface area contributed by atoms with Gasteiger partial charge in [0.05, 0.1) is 0 Å². The molecule has 0 spiro atoms. The molecule has 0 fully saturated rings. The molecule has 1 heterocycles. The van der Waals surface area contributed by atoms with Gasteiger partial charge in [-0.05, 0) is 30.3 Å². The van der Waals surface area contributed by atoms with E-state index in [1.807, 2.05) is 5.43 Å². The lowest BCUT2D eigenvalue weighted by Gasteiger charge is -2.33. The SMILES string of the molecule is O=C(c1cccc(Br)c1)N1NC(C(F)(F)F)=CC1(O)c1ccc(F)cc1. The first-order valence-corrected chi connectivity index (χ1v) is 8.06. The molecular formula is C17H11BrF4N2O2. The van der Waals surface area contributed by atoms with Crippen LogP contribution in [0, 0.1) is 5.82 Å². The number of hydrogen-bond donors (Lipinski definition) is 2. The van der Waals surface area contributed by atoms with Crippen molar-refractivity contribution in [2.24, 2.45) is 0 Å². The molecule has 2 aromatic carbocycles. The van der Waals surface area contributed by atoms with Crippen molar-refractivity contribution in [3.63, 3.8) is 0 Å². The zero-order valence-electron chi connectivity index (χ0n) is 12.9. The monoisotopic (exact) mass is 430 g/mol. The normalized spacial score (nSPS) is 19.9. The van der Waals surface area contributed by atoms with E-state index < -0.39 is 29.3 Å². The molecule has 0 bridgehead atoms. The molecular weight excluding hydrogens is 420 g/mol. The summed E-state index contributed by atoms with van der Waals surface area (Å²) in [4.78, 5) is 12.7. The van der Waals surface area contributed by atoms with Crippen molar-refractivity contribution < 1.29 is 27.5 Å². The van der Waals surface area contributed by atoms with Crippen LogP contribution in [0.25, 0.3) is 0 Å². The van der Waals surface area contributed by atoms with Crippen molar-refractivity contribution in [3.8, 4) is 0 Å². The molecule has 1 aliphatic heterocycles. The molecule has 1 unspecified atom stereocenters. The standard InChI is InChI=1S/C17H11BrF4N2O2/c18-12-3-1-2-10(8-12)15(25)24-16(26,9-14(23-24)17(20,21)22)11-4-6-13(19)7-5-11/h1-9,23,26H. The number of hydrogen-bond acceptors (Lipinski definition) is 3. The number of halogens is 5. The van der Waals surface area contributed by atoms with E-state index in [0.717, 1.165) is 24.3 Å². The number of hydrazine groups is 1. The number of alkyl halides is 3. The predicted molar refractivity (Wildman–Crippen MR) is 87.9 cm³/mol. The van der Waals surface area contributed by atoms with Crippen LogP contribution in [0.3, 0.4) is 0 Å². The maximum absolute atomic E-state index is 13.2. The third kappa shape index (κ3) is 3.32. The van der Waals surface area contributed by atoms with Crippen molar-refractivity contribution in [2.45, 2.75) is 11.9 Å². The van der Waals surface area contributed by atoms with Crippen LogP contribution >= 0.6 is 15.9 Å². The Labute approximate surface area is 153 Å². The van der Waals surface area contributed by atoms with Crippen LogP contribution in [0.5, 0.6) is 0 Å². The van der Waals surface area contributed by atoms with Gasteiger partial charge < -0.3 is 5.11 Å². The van der Waals surface area contributed by atoms with Gasteiger partial charge in [0.15, 0.2) is 0 Å². The van der Waals surface area contributed by atoms with Gasteiger partial charge in [0, 0.05) is 21.7 Å². The fourth-order valence-corrected chi connectivity index (χ4v) is 2.91. The first kappa shape index (κ1) is 18.4. The molecule has 0 aliphatic carbocycles. The molecule has 2 N–H and O–H groups in total.